The van der Waals surface area contributed by atoms with Gasteiger partial charge in [-0.05, 0) is 24.1 Å². The predicted octanol–water partition coefficient (Wildman–Crippen LogP) is 2.66. The molecule has 2 N–H and O–H groups in total. The van der Waals surface area contributed by atoms with Gasteiger partial charge in [-0.3, -0.25) is 9.78 Å². The van der Waals surface area contributed by atoms with Crippen LogP contribution in [0.5, 0.6) is 0 Å². The summed E-state index contributed by atoms with van der Waals surface area (Å²) in [6, 6.07) is 3.34. The molecule has 110 valence electrons. The normalized spacial score (nSPS) is 21.4. The first kappa shape index (κ1) is 15.4. The van der Waals surface area contributed by atoms with E-state index in [0.717, 1.165) is 0 Å². The van der Waals surface area contributed by atoms with Crippen molar-refractivity contribution in [2.24, 2.45) is 0 Å². The van der Waals surface area contributed by atoms with Gasteiger partial charge in [0.05, 0.1) is 5.69 Å². The number of aromatic nitrogens is 1. The van der Waals surface area contributed by atoms with Crippen molar-refractivity contribution < 1.29 is 19.8 Å². The zero-order chi connectivity index (χ0) is 15.6. The van der Waals surface area contributed by atoms with Gasteiger partial charge < -0.3 is 10.2 Å². The Hall–Kier alpha value is -1.95. The highest BCUT2D eigenvalue weighted by molar-refractivity contribution is 9.08. The minimum Gasteiger partial charge on any atom is -0.480 e. The first-order chi connectivity index (χ1) is 9.92. The van der Waals surface area contributed by atoms with E-state index in [2.05, 4.69) is 20.9 Å². The Balaban J connectivity index is 2.63. The van der Waals surface area contributed by atoms with Gasteiger partial charge in [0.15, 0.2) is 0 Å². The van der Waals surface area contributed by atoms with Crippen LogP contribution < -0.4 is 0 Å². The summed E-state index contributed by atoms with van der Waals surface area (Å²) in [4.78, 5) is 27.4. The molecule has 0 fully saturated rings. The molecule has 1 atom stereocenters. The van der Waals surface area contributed by atoms with Crippen LogP contribution in [-0.4, -0.2) is 27.1 Å². The fraction of sp³-hybridized carbons (Fsp3) is 0.267. The maximum Gasteiger partial charge on any atom is 0.331 e. The van der Waals surface area contributed by atoms with Crippen molar-refractivity contribution in [3.63, 3.8) is 0 Å². The number of rotatable bonds is 4. The SMILES string of the molecule is CC1=C(C(=O)O)CC(C(=O)O)(c2cccnc2CBr)C=C1. The molecular formula is C15H14BrNO4. The first-order valence-corrected chi connectivity index (χ1v) is 7.40. The third-order valence-corrected chi connectivity index (χ3v) is 4.22. The number of aliphatic carboxylic acids is 2. The fourth-order valence-electron chi connectivity index (χ4n) is 2.49. The van der Waals surface area contributed by atoms with Crippen molar-refractivity contribution in [1.29, 1.82) is 0 Å². The van der Waals surface area contributed by atoms with Crippen LogP contribution in [0.1, 0.15) is 24.6 Å². The van der Waals surface area contributed by atoms with Gasteiger partial charge in [-0.2, -0.15) is 0 Å². The van der Waals surface area contributed by atoms with Crippen molar-refractivity contribution in [2.75, 3.05) is 0 Å². The van der Waals surface area contributed by atoms with Crippen molar-refractivity contribution >= 4 is 27.9 Å². The first-order valence-electron chi connectivity index (χ1n) is 6.28. The van der Waals surface area contributed by atoms with E-state index in [4.69, 9.17) is 0 Å². The average molecular weight is 352 g/mol. The van der Waals surface area contributed by atoms with Gasteiger partial charge in [0, 0.05) is 23.5 Å². The number of allylic oxidation sites excluding steroid dienone is 2. The summed E-state index contributed by atoms with van der Waals surface area (Å²) in [7, 11) is 0. The molecule has 1 aromatic rings. The number of alkyl halides is 1. The van der Waals surface area contributed by atoms with Crippen LogP contribution in [0.3, 0.4) is 0 Å². The zero-order valence-corrected chi connectivity index (χ0v) is 12.9. The highest BCUT2D eigenvalue weighted by atomic mass is 79.9. The van der Waals surface area contributed by atoms with E-state index in [1.54, 1.807) is 37.4 Å². The van der Waals surface area contributed by atoms with Gasteiger partial charge in [-0.15, -0.1) is 0 Å². The number of hydrogen-bond acceptors (Lipinski definition) is 3. The Morgan fingerprint density at radius 2 is 2.14 bits per heavy atom. The number of halogens is 1. The minimum atomic E-state index is -1.40. The van der Waals surface area contributed by atoms with E-state index in [0.29, 0.717) is 22.2 Å². The molecule has 5 nitrogen and oxygen atoms in total. The van der Waals surface area contributed by atoms with E-state index in [9.17, 15) is 19.8 Å². The Labute approximate surface area is 130 Å². The Kier molecular flexibility index (Phi) is 4.27. The molecule has 0 aromatic carbocycles. The smallest absolute Gasteiger partial charge is 0.331 e. The van der Waals surface area contributed by atoms with Crippen molar-refractivity contribution in [3.05, 3.63) is 52.9 Å². The minimum absolute atomic E-state index is 0.0916. The maximum absolute atomic E-state index is 11.9. The largest absolute Gasteiger partial charge is 0.480 e. The van der Waals surface area contributed by atoms with Gasteiger partial charge in [0.2, 0.25) is 0 Å². The monoisotopic (exact) mass is 351 g/mol. The highest BCUT2D eigenvalue weighted by Gasteiger charge is 2.43. The molecule has 1 aliphatic rings. The molecule has 0 spiro atoms. The van der Waals surface area contributed by atoms with Gasteiger partial charge in [-0.25, -0.2) is 4.79 Å². The lowest BCUT2D eigenvalue weighted by molar-refractivity contribution is -0.142. The molecule has 1 unspecified atom stereocenters. The molecule has 0 saturated heterocycles. The van der Waals surface area contributed by atoms with E-state index in [1.165, 1.54) is 0 Å². The third-order valence-electron chi connectivity index (χ3n) is 3.69. The van der Waals surface area contributed by atoms with Crippen molar-refractivity contribution in [2.45, 2.75) is 24.1 Å². The Bertz CT molecular complexity index is 665. The maximum atomic E-state index is 11.9. The summed E-state index contributed by atoms with van der Waals surface area (Å²) in [5, 5.41) is 19.4. The van der Waals surface area contributed by atoms with E-state index in [1.807, 2.05) is 0 Å². The summed E-state index contributed by atoms with van der Waals surface area (Å²) in [6.45, 7) is 1.67. The second kappa shape index (κ2) is 5.81. The standard InChI is InChI=1S/C15H14BrNO4/c1-9-4-5-15(14(20)21,7-10(9)13(18)19)11-3-2-6-17-12(11)8-16/h2-6H,7-8H2,1H3,(H,18,19)(H,20,21). The highest BCUT2D eigenvalue weighted by Crippen LogP contribution is 2.39. The molecule has 1 heterocycles. The number of pyridine rings is 1. The average Bonchev–Trinajstić information content (AvgIpc) is 2.47. The number of hydrogen-bond donors (Lipinski definition) is 2. The van der Waals surface area contributed by atoms with Gasteiger partial charge in [0.1, 0.15) is 5.41 Å². The van der Waals surface area contributed by atoms with Crippen molar-refractivity contribution in [1.82, 2.24) is 4.98 Å². The van der Waals surface area contributed by atoms with Crippen LogP contribution in [0.4, 0.5) is 0 Å². The second-order valence-corrected chi connectivity index (χ2v) is 5.45. The molecule has 0 aliphatic heterocycles. The number of carboxylic acid groups (broad SMARTS) is 2. The molecule has 2 rings (SSSR count). The van der Waals surface area contributed by atoms with Crippen LogP contribution in [0, 0.1) is 0 Å². The van der Waals surface area contributed by atoms with Crippen molar-refractivity contribution in [3.8, 4) is 0 Å². The van der Waals surface area contributed by atoms with E-state index in [-0.39, 0.29) is 12.0 Å². The molecule has 0 saturated carbocycles. The summed E-state index contributed by atoms with van der Waals surface area (Å²) >= 11 is 3.30. The molecule has 0 amide bonds. The molecule has 1 aliphatic carbocycles. The zero-order valence-electron chi connectivity index (χ0n) is 11.3. The van der Waals surface area contributed by atoms with Crippen LogP contribution in [0.25, 0.3) is 0 Å². The topological polar surface area (TPSA) is 87.5 Å². The quantitative estimate of drug-likeness (QED) is 0.814. The second-order valence-electron chi connectivity index (χ2n) is 4.88. The molecular weight excluding hydrogens is 338 g/mol. The number of carbonyl (C=O) groups is 2. The summed E-state index contributed by atoms with van der Waals surface area (Å²) < 4.78 is 0. The van der Waals surface area contributed by atoms with Gasteiger partial charge >= 0.3 is 11.9 Å². The van der Waals surface area contributed by atoms with Gasteiger partial charge in [-0.1, -0.05) is 34.1 Å². The predicted molar refractivity (Wildman–Crippen MR) is 80.3 cm³/mol. The summed E-state index contributed by atoms with van der Waals surface area (Å²) in [5.74, 6) is -2.17. The van der Waals surface area contributed by atoms with Crippen LogP contribution in [0.2, 0.25) is 0 Å². The molecule has 21 heavy (non-hydrogen) atoms. The van der Waals surface area contributed by atoms with Crippen LogP contribution >= 0.6 is 15.9 Å². The summed E-state index contributed by atoms with van der Waals surface area (Å²) in [6.07, 6.45) is 4.61. The van der Waals surface area contributed by atoms with E-state index < -0.39 is 17.4 Å². The number of nitrogens with zero attached hydrogens (tertiary/aromatic N) is 1. The molecule has 6 heteroatoms. The Morgan fingerprint density at radius 3 is 2.71 bits per heavy atom. The summed E-state index contributed by atoms with van der Waals surface area (Å²) in [5.41, 5.74) is 0.392. The number of carboxylic acids is 2. The van der Waals surface area contributed by atoms with Crippen LogP contribution in [-0.2, 0) is 20.3 Å². The third kappa shape index (κ3) is 2.63. The molecule has 0 radical (unpaired) electrons. The lowest BCUT2D eigenvalue weighted by Gasteiger charge is -2.31. The van der Waals surface area contributed by atoms with Crippen LogP contribution in [0.15, 0.2) is 41.6 Å². The fourth-order valence-corrected chi connectivity index (χ4v) is 2.93. The molecule has 1 aromatic heterocycles. The lowest BCUT2D eigenvalue weighted by atomic mass is 9.71. The van der Waals surface area contributed by atoms with Gasteiger partial charge in [0.25, 0.3) is 0 Å². The van der Waals surface area contributed by atoms with E-state index >= 15 is 0 Å². The molecule has 0 bridgehead atoms. The Morgan fingerprint density at radius 1 is 1.43 bits per heavy atom. The lowest BCUT2D eigenvalue weighted by Crippen LogP contribution is -2.38.